The number of carbonyl (C=O) groups is 2. The largest absolute Gasteiger partial charge is 0.477 e. The van der Waals surface area contributed by atoms with Gasteiger partial charge in [-0.05, 0) is 42.0 Å². The summed E-state index contributed by atoms with van der Waals surface area (Å²) in [6, 6.07) is 21.5. The van der Waals surface area contributed by atoms with Crippen molar-refractivity contribution in [2.24, 2.45) is 5.92 Å². The summed E-state index contributed by atoms with van der Waals surface area (Å²) < 4.78 is 0. The molecule has 1 unspecified atom stereocenters. The van der Waals surface area contributed by atoms with Gasteiger partial charge >= 0.3 is 5.97 Å². The van der Waals surface area contributed by atoms with Crippen LogP contribution in [0.4, 0.5) is 5.69 Å². The second-order valence-electron chi connectivity index (χ2n) is 6.97. The Morgan fingerprint density at radius 2 is 1.76 bits per heavy atom. The Balaban J connectivity index is 1.56. The molecule has 2 aromatic heterocycles. The SMILES string of the molecule is O=C(O)c1cc(NC(=O)C(Cc2ccccc2)Cc2cc3ccccc3[nH]2)cs1. The predicted octanol–water partition coefficient (Wildman–Crippen LogP) is 4.97. The summed E-state index contributed by atoms with van der Waals surface area (Å²) in [5.41, 5.74) is 3.65. The van der Waals surface area contributed by atoms with Crippen LogP contribution in [0.25, 0.3) is 10.9 Å². The third-order valence-electron chi connectivity index (χ3n) is 4.83. The lowest BCUT2D eigenvalue weighted by molar-refractivity contribution is -0.119. The summed E-state index contributed by atoms with van der Waals surface area (Å²) in [4.78, 5) is 27.7. The molecule has 0 saturated heterocycles. The Morgan fingerprint density at radius 3 is 2.48 bits per heavy atom. The monoisotopic (exact) mass is 404 g/mol. The van der Waals surface area contributed by atoms with Gasteiger partial charge in [0.05, 0.1) is 5.69 Å². The van der Waals surface area contributed by atoms with Gasteiger partial charge in [-0.3, -0.25) is 4.79 Å². The number of aromatic carboxylic acids is 1. The first-order valence-electron chi connectivity index (χ1n) is 9.32. The molecule has 1 amide bonds. The van der Waals surface area contributed by atoms with Crippen LogP contribution in [0.15, 0.2) is 72.1 Å². The number of hydrogen-bond acceptors (Lipinski definition) is 3. The van der Waals surface area contributed by atoms with Crippen LogP contribution in [0.1, 0.15) is 20.9 Å². The van der Waals surface area contributed by atoms with Gasteiger partial charge in [-0.15, -0.1) is 11.3 Å². The van der Waals surface area contributed by atoms with E-state index in [-0.39, 0.29) is 16.7 Å². The first kappa shape index (κ1) is 19.0. The number of nitrogens with one attached hydrogen (secondary N) is 2. The predicted molar refractivity (Wildman–Crippen MR) is 116 cm³/mol. The van der Waals surface area contributed by atoms with E-state index in [0.717, 1.165) is 33.5 Å². The van der Waals surface area contributed by atoms with Crippen molar-refractivity contribution in [2.75, 3.05) is 5.32 Å². The minimum atomic E-state index is -0.991. The number of aromatic nitrogens is 1. The molecule has 2 heterocycles. The molecule has 0 saturated carbocycles. The van der Waals surface area contributed by atoms with E-state index in [1.54, 1.807) is 5.38 Å². The minimum absolute atomic E-state index is 0.123. The quantitative estimate of drug-likeness (QED) is 0.407. The molecular weight excluding hydrogens is 384 g/mol. The number of carboxylic acid groups (broad SMARTS) is 1. The van der Waals surface area contributed by atoms with Crippen molar-refractivity contribution in [2.45, 2.75) is 12.8 Å². The van der Waals surface area contributed by atoms with Gasteiger partial charge < -0.3 is 15.4 Å². The number of para-hydroxylation sites is 1. The van der Waals surface area contributed by atoms with E-state index in [1.807, 2.05) is 54.6 Å². The number of thiophene rings is 1. The Hall–Kier alpha value is -3.38. The number of hydrogen-bond donors (Lipinski definition) is 3. The summed E-state index contributed by atoms with van der Waals surface area (Å²) in [6.07, 6.45) is 1.16. The fraction of sp³-hybridized carbons (Fsp3) is 0.130. The average molecular weight is 404 g/mol. The second kappa shape index (κ2) is 8.32. The standard InChI is InChI=1S/C23H20N2O3S/c26-22(25-19-13-21(23(27)28)29-14-19)17(10-15-6-2-1-3-7-15)12-18-11-16-8-4-5-9-20(16)24-18/h1-9,11,13-14,17,24H,10,12H2,(H,25,26)(H,27,28). The van der Waals surface area contributed by atoms with Crippen LogP contribution < -0.4 is 5.32 Å². The van der Waals surface area contributed by atoms with E-state index in [0.29, 0.717) is 18.5 Å². The number of rotatable bonds is 7. The first-order chi connectivity index (χ1) is 14.1. The van der Waals surface area contributed by atoms with Crippen LogP contribution in [-0.2, 0) is 17.6 Å². The maximum atomic E-state index is 13.0. The number of carboxylic acids is 1. The molecule has 1 atom stereocenters. The maximum absolute atomic E-state index is 13.0. The van der Waals surface area contributed by atoms with Gasteiger partial charge in [-0.2, -0.15) is 0 Å². The van der Waals surface area contributed by atoms with E-state index in [1.165, 1.54) is 6.07 Å². The molecular formula is C23H20N2O3S. The van der Waals surface area contributed by atoms with Gasteiger partial charge in [0, 0.05) is 22.5 Å². The molecule has 0 radical (unpaired) electrons. The van der Waals surface area contributed by atoms with Crippen molar-refractivity contribution in [1.82, 2.24) is 4.98 Å². The van der Waals surface area contributed by atoms with Crippen molar-refractivity contribution in [3.05, 3.63) is 88.2 Å². The highest BCUT2D eigenvalue weighted by Gasteiger charge is 2.21. The molecule has 5 nitrogen and oxygen atoms in total. The molecule has 146 valence electrons. The summed E-state index contributed by atoms with van der Waals surface area (Å²) in [5, 5.41) is 14.8. The van der Waals surface area contributed by atoms with E-state index >= 15 is 0 Å². The molecule has 0 spiro atoms. The molecule has 0 aliphatic carbocycles. The third kappa shape index (κ3) is 4.55. The third-order valence-corrected chi connectivity index (χ3v) is 5.74. The molecule has 0 aliphatic rings. The van der Waals surface area contributed by atoms with Crippen molar-refractivity contribution >= 4 is 39.8 Å². The van der Waals surface area contributed by atoms with E-state index in [2.05, 4.69) is 16.4 Å². The molecule has 2 aromatic carbocycles. The summed E-state index contributed by atoms with van der Waals surface area (Å²) in [6.45, 7) is 0. The number of benzene rings is 2. The topological polar surface area (TPSA) is 82.2 Å². The van der Waals surface area contributed by atoms with Crippen molar-refractivity contribution < 1.29 is 14.7 Å². The number of fused-ring (bicyclic) bond motifs is 1. The molecule has 4 rings (SSSR count). The molecule has 4 aromatic rings. The number of anilines is 1. The fourth-order valence-corrected chi connectivity index (χ4v) is 4.10. The molecule has 3 N–H and O–H groups in total. The van der Waals surface area contributed by atoms with Crippen LogP contribution in [0.5, 0.6) is 0 Å². The van der Waals surface area contributed by atoms with Crippen LogP contribution in [0.3, 0.4) is 0 Å². The van der Waals surface area contributed by atoms with Crippen LogP contribution in [0, 0.1) is 5.92 Å². The maximum Gasteiger partial charge on any atom is 0.345 e. The van der Waals surface area contributed by atoms with E-state index < -0.39 is 5.97 Å². The fourth-order valence-electron chi connectivity index (χ4n) is 3.42. The molecule has 29 heavy (non-hydrogen) atoms. The van der Waals surface area contributed by atoms with E-state index in [4.69, 9.17) is 5.11 Å². The van der Waals surface area contributed by atoms with Gasteiger partial charge in [0.2, 0.25) is 5.91 Å². The lowest BCUT2D eigenvalue weighted by Crippen LogP contribution is -2.26. The van der Waals surface area contributed by atoms with Crippen LogP contribution >= 0.6 is 11.3 Å². The summed E-state index contributed by atoms with van der Waals surface area (Å²) in [5.74, 6) is -1.41. The zero-order chi connectivity index (χ0) is 20.2. The number of aromatic amines is 1. The Bertz CT molecular complexity index is 1110. The highest BCUT2D eigenvalue weighted by atomic mass is 32.1. The Morgan fingerprint density at radius 1 is 1.00 bits per heavy atom. The summed E-state index contributed by atoms with van der Waals surface area (Å²) in [7, 11) is 0. The van der Waals surface area contributed by atoms with Crippen LogP contribution in [0.2, 0.25) is 0 Å². The van der Waals surface area contributed by atoms with Crippen molar-refractivity contribution in [3.63, 3.8) is 0 Å². The van der Waals surface area contributed by atoms with Gasteiger partial charge in [0.15, 0.2) is 0 Å². The molecule has 0 bridgehead atoms. The van der Waals surface area contributed by atoms with Gasteiger partial charge in [-0.25, -0.2) is 4.79 Å². The van der Waals surface area contributed by atoms with Crippen molar-refractivity contribution in [3.8, 4) is 0 Å². The molecule has 0 aliphatic heterocycles. The zero-order valence-corrected chi connectivity index (χ0v) is 16.4. The highest BCUT2D eigenvalue weighted by molar-refractivity contribution is 7.12. The Labute approximate surface area is 172 Å². The van der Waals surface area contributed by atoms with Gasteiger partial charge in [-0.1, -0.05) is 48.5 Å². The number of H-pyrrole nitrogens is 1. The smallest absolute Gasteiger partial charge is 0.345 e. The highest BCUT2D eigenvalue weighted by Crippen LogP contribution is 2.23. The van der Waals surface area contributed by atoms with E-state index in [9.17, 15) is 9.59 Å². The molecule has 0 fully saturated rings. The summed E-state index contributed by atoms with van der Waals surface area (Å²) >= 11 is 1.10. The Kier molecular flexibility index (Phi) is 5.44. The average Bonchev–Trinajstić information content (AvgIpc) is 3.34. The second-order valence-corrected chi connectivity index (χ2v) is 7.88. The number of amides is 1. The van der Waals surface area contributed by atoms with Gasteiger partial charge in [0.25, 0.3) is 0 Å². The minimum Gasteiger partial charge on any atom is -0.477 e. The lowest BCUT2D eigenvalue weighted by Gasteiger charge is -2.16. The lowest BCUT2D eigenvalue weighted by atomic mass is 9.93. The number of carbonyl (C=O) groups excluding carboxylic acids is 1. The first-order valence-corrected chi connectivity index (χ1v) is 10.2. The zero-order valence-electron chi connectivity index (χ0n) is 15.6. The molecule has 6 heteroatoms. The van der Waals surface area contributed by atoms with Gasteiger partial charge in [0.1, 0.15) is 4.88 Å². The van der Waals surface area contributed by atoms with Crippen LogP contribution in [-0.4, -0.2) is 22.0 Å². The normalized spacial score (nSPS) is 12.0. The van der Waals surface area contributed by atoms with Crippen molar-refractivity contribution in [1.29, 1.82) is 0 Å².